The number of ketones is 1. The van der Waals surface area contributed by atoms with Gasteiger partial charge in [-0.15, -0.1) is 0 Å². The van der Waals surface area contributed by atoms with E-state index >= 15 is 0 Å². The minimum absolute atomic E-state index is 0.0654. The van der Waals surface area contributed by atoms with E-state index in [1.54, 1.807) is 0 Å². The highest BCUT2D eigenvalue weighted by Gasteiger charge is 2.47. The van der Waals surface area contributed by atoms with Crippen LogP contribution in [0.5, 0.6) is 0 Å². The smallest absolute Gasteiger partial charge is 0.295 e. The summed E-state index contributed by atoms with van der Waals surface area (Å²) in [6.45, 7) is -0.677. The summed E-state index contributed by atoms with van der Waals surface area (Å²) in [6, 6.07) is 10.4. The van der Waals surface area contributed by atoms with E-state index in [9.17, 15) is 29.9 Å². The molecule has 1 aliphatic rings. The molecule has 0 bridgehead atoms. The minimum Gasteiger partial charge on any atom is -0.507 e. The van der Waals surface area contributed by atoms with Crippen LogP contribution < -0.4 is 0 Å². The van der Waals surface area contributed by atoms with Gasteiger partial charge in [-0.1, -0.05) is 23.7 Å². The van der Waals surface area contributed by atoms with Gasteiger partial charge in [-0.2, -0.15) is 0 Å². The predicted octanol–water partition coefficient (Wildman–Crippen LogP) is 2.66. The second-order valence-corrected chi connectivity index (χ2v) is 6.48. The van der Waals surface area contributed by atoms with Crippen LogP contribution in [0, 0.1) is 10.1 Å². The molecule has 0 aliphatic carbocycles. The molecule has 0 aromatic heterocycles. The molecule has 1 unspecified atom stereocenters. The number of halogens is 1. The third-order valence-electron chi connectivity index (χ3n) is 4.43. The Bertz CT molecular complexity index is 986. The number of hydrogen-bond acceptors (Lipinski definition) is 6. The van der Waals surface area contributed by atoms with E-state index in [2.05, 4.69) is 0 Å². The topological polar surface area (TPSA) is 121 Å². The number of nitro groups is 1. The van der Waals surface area contributed by atoms with Gasteiger partial charge in [-0.25, -0.2) is 0 Å². The number of carbonyl (C=O) groups excluding carboxylic acids is 2. The highest BCUT2D eigenvalue weighted by atomic mass is 35.5. The Morgan fingerprint density at radius 1 is 1.14 bits per heavy atom. The minimum atomic E-state index is -1.20. The average molecular weight is 403 g/mol. The van der Waals surface area contributed by atoms with Crippen LogP contribution in [0.25, 0.3) is 5.76 Å². The van der Waals surface area contributed by atoms with Crippen molar-refractivity contribution in [3.63, 3.8) is 0 Å². The first-order chi connectivity index (χ1) is 13.4. The summed E-state index contributed by atoms with van der Waals surface area (Å²) < 4.78 is 0. The molecule has 28 heavy (non-hydrogen) atoms. The van der Waals surface area contributed by atoms with Crippen LogP contribution in [0.3, 0.4) is 0 Å². The first-order valence-corrected chi connectivity index (χ1v) is 8.63. The highest BCUT2D eigenvalue weighted by molar-refractivity contribution is 6.46. The number of para-hydroxylation sites is 1. The van der Waals surface area contributed by atoms with Crippen LogP contribution in [-0.4, -0.2) is 44.9 Å². The molecular formula is C19H15ClN2O6. The van der Waals surface area contributed by atoms with Gasteiger partial charge in [0.2, 0.25) is 0 Å². The van der Waals surface area contributed by atoms with Crippen LogP contribution in [0.4, 0.5) is 5.69 Å². The third kappa shape index (κ3) is 3.35. The summed E-state index contributed by atoms with van der Waals surface area (Å²) in [5.74, 6) is -2.41. The zero-order valence-electron chi connectivity index (χ0n) is 14.4. The number of aliphatic hydroxyl groups is 2. The number of β-amino-alcohol motifs (C(OH)–C–C–N with tert-alkyl or cyclic N) is 1. The van der Waals surface area contributed by atoms with E-state index in [-0.39, 0.29) is 28.9 Å². The summed E-state index contributed by atoms with van der Waals surface area (Å²) in [5.41, 5.74) is -0.292. The van der Waals surface area contributed by atoms with Crippen molar-refractivity contribution < 1.29 is 24.7 Å². The monoisotopic (exact) mass is 402 g/mol. The van der Waals surface area contributed by atoms with Crippen molar-refractivity contribution in [3.05, 3.63) is 80.4 Å². The van der Waals surface area contributed by atoms with Gasteiger partial charge >= 0.3 is 0 Å². The van der Waals surface area contributed by atoms with Gasteiger partial charge in [0, 0.05) is 23.2 Å². The average Bonchev–Trinajstić information content (AvgIpc) is 2.93. The molecule has 2 N–H and O–H groups in total. The zero-order valence-corrected chi connectivity index (χ0v) is 15.2. The van der Waals surface area contributed by atoms with Crippen molar-refractivity contribution in [1.29, 1.82) is 0 Å². The molecule has 2 aromatic carbocycles. The lowest BCUT2D eigenvalue weighted by Gasteiger charge is -2.24. The molecule has 1 heterocycles. The standard InChI is InChI=1S/C19H15ClN2O6/c20-12-7-5-11(6-8-12)17(24)15-16(21(9-10-23)19(26)18(15)25)13-3-1-2-4-14(13)22(27)28/h1-8,16,23-24H,9-10H2. The zero-order chi connectivity index (χ0) is 20.4. The fourth-order valence-electron chi connectivity index (χ4n) is 3.19. The highest BCUT2D eigenvalue weighted by Crippen LogP contribution is 2.42. The number of rotatable bonds is 5. The number of likely N-dealkylation sites (tertiary alicyclic amines) is 1. The number of benzene rings is 2. The molecule has 8 nitrogen and oxygen atoms in total. The van der Waals surface area contributed by atoms with Gasteiger partial charge in [-0.3, -0.25) is 19.7 Å². The van der Waals surface area contributed by atoms with Crippen molar-refractivity contribution >= 4 is 34.7 Å². The Balaban J connectivity index is 2.26. The fraction of sp³-hybridized carbons (Fsp3) is 0.158. The Morgan fingerprint density at radius 2 is 1.79 bits per heavy atom. The van der Waals surface area contributed by atoms with Gasteiger partial charge in [0.15, 0.2) is 0 Å². The number of aliphatic hydroxyl groups excluding tert-OH is 2. The largest absolute Gasteiger partial charge is 0.507 e. The quantitative estimate of drug-likeness (QED) is 0.261. The maximum absolute atomic E-state index is 12.7. The van der Waals surface area contributed by atoms with Crippen LogP contribution in [0.2, 0.25) is 5.02 Å². The second kappa shape index (κ2) is 7.79. The fourth-order valence-corrected chi connectivity index (χ4v) is 3.32. The molecular weight excluding hydrogens is 388 g/mol. The second-order valence-electron chi connectivity index (χ2n) is 6.04. The van der Waals surface area contributed by atoms with Gasteiger partial charge in [-0.05, 0) is 30.3 Å². The maximum Gasteiger partial charge on any atom is 0.295 e. The van der Waals surface area contributed by atoms with Gasteiger partial charge in [0.1, 0.15) is 5.76 Å². The third-order valence-corrected chi connectivity index (χ3v) is 4.68. The van der Waals surface area contributed by atoms with E-state index in [1.807, 2.05) is 0 Å². The summed E-state index contributed by atoms with van der Waals surface area (Å²) >= 11 is 5.84. The predicted molar refractivity (Wildman–Crippen MR) is 101 cm³/mol. The number of amides is 1. The lowest BCUT2D eigenvalue weighted by atomic mass is 9.94. The van der Waals surface area contributed by atoms with Crippen LogP contribution >= 0.6 is 11.6 Å². The summed E-state index contributed by atoms with van der Waals surface area (Å²) in [5, 5.41) is 31.9. The molecule has 1 aliphatic heterocycles. The van der Waals surface area contributed by atoms with Gasteiger partial charge in [0.05, 0.1) is 28.7 Å². The lowest BCUT2D eigenvalue weighted by molar-refractivity contribution is -0.385. The molecule has 0 spiro atoms. The van der Waals surface area contributed by atoms with Crippen molar-refractivity contribution in [2.24, 2.45) is 0 Å². The molecule has 0 saturated carbocycles. The first-order valence-electron chi connectivity index (χ1n) is 8.25. The van der Waals surface area contributed by atoms with Crippen molar-refractivity contribution in [3.8, 4) is 0 Å². The molecule has 1 fully saturated rings. The van der Waals surface area contributed by atoms with Crippen molar-refractivity contribution in [1.82, 2.24) is 4.90 Å². The summed E-state index contributed by atoms with van der Waals surface area (Å²) in [4.78, 5) is 37.0. The van der Waals surface area contributed by atoms with E-state index < -0.39 is 35.0 Å². The Kier molecular flexibility index (Phi) is 5.43. The first kappa shape index (κ1) is 19.5. The van der Waals surface area contributed by atoms with Crippen LogP contribution in [-0.2, 0) is 9.59 Å². The molecule has 9 heteroatoms. The van der Waals surface area contributed by atoms with Crippen LogP contribution in [0.1, 0.15) is 17.2 Å². The molecule has 144 valence electrons. The maximum atomic E-state index is 12.7. The van der Waals surface area contributed by atoms with E-state index in [0.29, 0.717) is 5.02 Å². The van der Waals surface area contributed by atoms with Crippen LogP contribution in [0.15, 0.2) is 54.1 Å². The van der Waals surface area contributed by atoms with E-state index in [1.165, 1.54) is 48.5 Å². The normalized spacial score (nSPS) is 18.5. The molecule has 1 amide bonds. The van der Waals surface area contributed by atoms with E-state index in [0.717, 1.165) is 4.90 Å². The SMILES string of the molecule is O=C1C(=O)N(CCO)C(c2ccccc2[N+](=O)[O-])C1=C(O)c1ccc(Cl)cc1. The number of nitro benzene ring substituents is 1. The lowest BCUT2D eigenvalue weighted by Crippen LogP contribution is -2.32. The summed E-state index contributed by atoms with van der Waals surface area (Å²) in [7, 11) is 0. The van der Waals surface area contributed by atoms with Crippen molar-refractivity contribution in [2.45, 2.75) is 6.04 Å². The van der Waals surface area contributed by atoms with E-state index in [4.69, 9.17) is 11.6 Å². The Labute approximate surface area is 164 Å². The summed E-state index contributed by atoms with van der Waals surface area (Å²) in [6.07, 6.45) is 0. The molecule has 0 radical (unpaired) electrons. The Hall–Kier alpha value is -3.23. The van der Waals surface area contributed by atoms with Crippen molar-refractivity contribution in [2.75, 3.05) is 13.2 Å². The van der Waals surface area contributed by atoms with Gasteiger partial charge < -0.3 is 15.1 Å². The number of nitrogens with zero attached hydrogens (tertiary/aromatic N) is 2. The molecule has 1 atom stereocenters. The molecule has 1 saturated heterocycles. The molecule has 3 rings (SSSR count). The number of Topliss-reactive ketones (excluding diaryl/α,β-unsaturated/α-hetero) is 1. The van der Waals surface area contributed by atoms with Gasteiger partial charge in [0.25, 0.3) is 17.4 Å². The molecule has 2 aromatic rings. The number of hydrogen-bond donors (Lipinski definition) is 2. The number of carbonyl (C=O) groups is 2. The Morgan fingerprint density at radius 3 is 2.39 bits per heavy atom.